The van der Waals surface area contributed by atoms with Crippen molar-refractivity contribution in [1.29, 1.82) is 0 Å². The number of hydrogen-bond donors (Lipinski definition) is 2. The quantitative estimate of drug-likeness (QED) is 0.714. The van der Waals surface area contributed by atoms with E-state index in [1.165, 1.54) is 0 Å². The van der Waals surface area contributed by atoms with E-state index in [1.807, 2.05) is 19.9 Å². The topological polar surface area (TPSA) is 73.6 Å². The Balaban J connectivity index is 2.29. The van der Waals surface area contributed by atoms with E-state index in [4.69, 9.17) is 15.2 Å². The number of nitrogen functional groups attached to an aromatic ring is 1. The van der Waals surface area contributed by atoms with Crippen molar-refractivity contribution < 1.29 is 14.3 Å². The summed E-state index contributed by atoms with van der Waals surface area (Å²) in [4.78, 5) is 12.6. The molecule has 0 saturated carbocycles. The molecular formula is C18H21BrN2O3. The highest BCUT2D eigenvalue weighted by atomic mass is 79.9. The van der Waals surface area contributed by atoms with E-state index in [2.05, 4.69) is 21.2 Å². The molecular weight excluding hydrogens is 372 g/mol. The maximum atomic E-state index is 12.6. The van der Waals surface area contributed by atoms with Gasteiger partial charge in [0.05, 0.1) is 18.2 Å². The zero-order valence-electron chi connectivity index (χ0n) is 14.0. The number of amides is 1. The SMILES string of the molecule is CCCOc1c(Br)cc(C(=O)Nc2cc(N)ccc2C)cc1OC. The van der Waals surface area contributed by atoms with Crippen LogP contribution in [-0.2, 0) is 0 Å². The Morgan fingerprint density at radius 2 is 2.04 bits per heavy atom. The van der Waals surface area contributed by atoms with Crippen LogP contribution in [-0.4, -0.2) is 19.6 Å². The van der Waals surface area contributed by atoms with Crippen LogP contribution in [0.2, 0.25) is 0 Å². The minimum absolute atomic E-state index is 0.246. The number of methoxy groups -OCH3 is 1. The van der Waals surface area contributed by atoms with Crippen molar-refractivity contribution >= 4 is 33.2 Å². The lowest BCUT2D eigenvalue weighted by Gasteiger charge is -2.14. The second-order valence-corrected chi connectivity index (χ2v) is 6.22. The summed E-state index contributed by atoms with van der Waals surface area (Å²) in [6.45, 7) is 4.51. The number of hydrogen-bond acceptors (Lipinski definition) is 4. The fourth-order valence-corrected chi connectivity index (χ4v) is 2.72. The summed E-state index contributed by atoms with van der Waals surface area (Å²) in [7, 11) is 1.55. The predicted octanol–water partition coefficient (Wildman–Crippen LogP) is 4.39. The molecule has 0 heterocycles. The van der Waals surface area contributed by atoms with Gasteiger partial charge < -0.3 is 20.5 Å². The molecule has 6 heteroatoms. The smallest absolute Gasteiger partial charge is 0.255 e. The van der Waals surface area contributed by atoms with Gasteiger partial charge in [0.25, 0.3) is 5.91 Å². The lowest BCUT2D eigenvalue weighted by Crippen LogP contribution is -2.13. The minimum atomic E-state index is -0.246. The van der Waals surface area contributed by atoms with Gasteiger partial charge in [0.15, 0.2) is 11.5 Å². The van der Waals surface area contributed by atoms with E-state index >= 15 is 0 Å². The van der Waals surface area contributed by atoms with Crippen LogP contribution in [0.3, 0.4) is 0 Å². The maximum Gasteiger partial charge on any atom is 0.255 e. The van der Waals surface area contributed by atoms with Crippen molar-refractivity contribution in [1.82, 2.24) is 0 Å². The molecule has 24 heavy (non-hydrogen) atoms. The molecule has 0 aromatic heterocycles. The van der Waals surface area contributed by atoms with E-state index < -0.39 is 0 Å². The van der Waals surface area contributed by atoms with E-state index in [9.17, 15) is 4.79 Å². The molecule has 0 bridgehead atoms. The third kappa shape index (κ3) is 4.20. The van der Waals surface area contributed by atoms with Crippen LogP contribution in [0.4, 0.5) is 11.4 Å². The van der Waals surface area contributed by atoms with Crippen molar-refractivity contribution in [3.8, 4) is 11.5 Å². The first-order valence-corrected chi connectivity index (χ1v) is 8.43. The van der Waals surface area contributed by atoms with Crippen molar-refractivity contribution in [2.24, 2.45) is 0 Å². The molecule has 0 radical (unpaired) electrons. The molecule has 0 aliphatic heterocycles. The van der Waals surface area contributed by atoms with E-state index in [0.717, 1.165) is 12.0 Å². The number of carbonyl (C=O) groups excluding carboxylic acids is 1. The Morgan fingerprint density at radius 3 is 2.71 bits per heavy atom. The Kier molecular flexibility index (Phi) is 6.09. The minimum Gasteiger partial charge on any atom is -0.493 e. The van der Waals surface area contributed by atoms with Crippen LogP contribution in [0.15, 0.2) is 34.8 Å². The molecule has 0 unspecified atom stereocenters. The van der Waals surface area contributed by atoms with E-state index in [1.54, 1.807) is 31.4 Å². The number of ether oxygens (including phenoxy) is 2. The van der Waals surface area contributed by atoms with Gasteiger partial charge in [-0.15, -0.1) is 0 Å². The standard InChI is InChI=1S/C18H21BrN2O3/c1-4-7-24-17-14(19)8-12(9-16(17)23-3)18(22)21-15-10-13(20)6-5-11(15)2/h5-6,8-10H,4,7,20H2,1-3H3,(H,21,22). The van der Waals surface area contributed by atoms with Gasteiger partial charge in [-0.05, 0) is 59.1 Å². The van der Waals surface area contributed by atoms with Gasteiger partial charge in [-0.3, -0.25) is 4.79 Å². The highest BCUT2D eigenvalue weighted by Crippen LogP contribution is 2.37. The number of carbonyl (C=O) groups is 1. The monoisotopic (exact) mass is 392 g/mol. The summed E-state index contributed by atoms with van der Waals surface area (Å²) in [5, 5.41) is 2.87. The number of aryl methyl sites for hydroxylation is 1. The van der Waals surface area contributed by atoms with Crippen LogP contribution in [0.25, 0.3) is 0 Å². The Labute approximate surface area is 150 Å². The summed E-state index contributed by atoms with van der Waals surface area (Å²) in [6, 6.07) is 8.77. The second kappa shape index (κ2) is 8.06. The number of nitrogens with two attached hydrogens (primary N) is 1. The van der Waals surface area contributed by atoms with E-state index in [0.29, 0.717) is 39.5 Å². The van der Waals surface area contributed by atoms with Crippen LogP contribution in [0, 0.1) is 6.92 Å². The molecule has 3 N–H and O–H groups in total. The first-order chi connectivity index (χ1) is 11.5. The Hall–Kier alpha value is -2.21. The Morgan fingerprint density at radius 1 is 1.29 bits per heavy atom. The highest BCUT2D eigenvalue weighted by Gasteiger charge is 2.16. The number of benzene rings is 2. The maximum absolute atomic E-state index is 12.6. The van der Waals surface area contributed by atoms with Gasteiger partial charge in [-0.2, -0.15) is 0 Å². The van der Waals surface area contributed by atoms with Crippen molar-refractivity contribution in [2.45, 2.75) is 20.3 Å². The molecule has 0 aliphatic carbocycles. The van der Waals surface area contributed by atoms with Crippen LogP contribution < -0.4 is 20.5 Å². The summed E-state index contributed by atoms with van der Waals surface area (Å²) in [6.07, 6.45) is 0.881. The van der Waals surface area contributed by atoms with Gasteiger partial charge in [-0.25, -0.2) is 0 Å². The van der Waals surface area contributed by atoms with Gasteiger partial charge in [0, 0.05) is 16.9 Å². The lowest BCUT2D eigenvalue weighted by molar-refractivity contribution is 0.102. The fourth-order valence-electron chi connectivity index (χ4n) is 2.16. The van der Waals surface area contributed by atoms with Gasteiger partial charge in [-0.1, -0.05) is 13.0 Å². The van der Waals surface area contributed by atoms with Gasteiger partial charge in [0.2, 0.25) is 0 Å². The van der Waals surface area contributed by atoms with Crippen molar-refractivity contribution in [3.05, 3.63) is 45.9 Å². The highest BCUT2D eigenvalue weighted by molar-refractivity contribution is 9.10. The average molecular weight is 393 g/mol. The van der Waals surface area contributed by atoms with Crippen LogP contribution >= 0.6 is 15.9 Å². The number of halogens is 1. The molecule has 1 amide bonds. The average Bonchev–Trinajstić information content (AvgIpc) is 2.56. The molecule has 2 rings (SSSR count). The number of rotatable bonds is 6. The summed E-state index contributed by atoms with van der Waals surface area (Å²) < 4.78 is 11.7. The van der Waals surface area contributed by atoms with Crippen LogP contribution in [0.5, 0.6) is 11.5 Å². The zero-order valence-corrected chi connectivity index (χ0v) is 15.6. The predicted molar refractivity (Wildman–Crippen MR) is 100 cm³/mol. The molecule has 2 aromatic carbocycles. The molecule has 0 atom stereocenters. The first-order valence-electron chi connectivity index (χ1n) is 7.64. The molecule has 2 aromatic rings. The molecule has 0 spiro atoms. The molecule has 0 aliphatic rings. The van der Waals surface area contributed by atoms with Gasteiger partial charge in [0.1, 0.15) is 0 Å². The summed E-state index contributed by atoms with van der Waals surface area (Å²) >= 11 is 3.44. The summed E-state index contributed by atoms with van der Waals surface area (Å²) in [5.41, 5.74) is 8.46. The van der Waals surface area contributed by atoms with Gasteiger partial charge >= 0.3 is 0 Å². The number of nitrogens with one attached hydrogen (secondary N) is 1. The largest absolute Gasteiger partial charge is 0.493 e. The van der Waals surface area contributed by atoms with Crippen LogP contribution in [0.1, 0.15) is 29.3 Å². The lowest BCUT2D eigenvalue weighted by atomic mass is 10.1. The van der Waals surface area contributed by atoms with Crippen molar-refractivity contribution in [2.75, 3.05) is 24.8 Å². The third-order valence-corrected chi connectivity index (χ3v) is 4.04. The number of anilines is 2. The fraction of sp³-hybridized carbons (Fsp3) is 0.278. The second-order valence-electron chi connectivity index (χ2n) is 5.37. The molecule has 0 saturated heterocycles. The normalized spacial score (nSPS) is 10.3. The Bertz CT molecular complexity index is 747. The first kappa shape index (κ1) is 18.1. The van der Waals surface area contributed by atoms with Crippen molar-refractivity contribution in [3.63, 3.8) is 0 Å². The molecule has 0 fully saturated rings. The zero-order chi connectivity index (χ0) is 17.7. The van der Waals surface area contributed by atoms with E-state index in [-0.39, 0.29) is 5.91 Å². The summed E-state index contributed by atoms with van der Waals surface area (Å²) in [5.74, 6) is 0.855. The third-order valence-electron chi connectivity index (χ3n) is 3.45. The molecule has 5 nitrogen and oxygen atoms in total. The molecule has 128 valence electrons.